The molecule has 1 amide bonds. The van der Waals surface area contributed by atoms with E-state index in [1.54, 1.807) is 0 Å². The standard InChI is InChI=1S/C25H28N6O/c1-18-21(19(2)31-25(27-18)22-5-3-4-6-23(22)28-31)7-8-24(32)30-15-13-29(14-16-30)17-20-9-11-26-12-10-20/h3-6,9-12H,7-8,13-17H2,1-2H3. The number of hydrogen-bond acceptors (Lipinski definition) is 5. The second kappa shape index (κ2) is 8.67. The molecule has 1 aromatic carbocycles. The van der Waals surface area contributed by atoms with Crippen LogP contribution in [0.15, 0.2) is 48.8 Å². The maximum absolute atomic E-state index is 12.9. The number of hydrogen-bond donors (Lipinski definition) is 0. The highest BCUT2D eigenvalue weighted by atomic mass is 16.2. The predicted molar refractivity (Wildman–Crippen MR) is 124 cm³/mol. The maximum Gasteiger partial charge on any atom is 0.222 e. The lowest BCUT2D eigenvalue weighted by Gasteiger charge is -2.34. The molecule has 32 heavy (non-hydrogen) atoms. The van der Waals surface area contributed by atoms with Gasteiger partial charge in [0, 0.05) is 68.3 Å². The van der Waals surface area contributed by atoms with Gasteiger partial charge >= 0.3 is 0 Å². The van der Waals surface area contributed by atoms with Crippen molar-refractivity contribution in [3.8, 4) is 0 Å². The van der Waals surface area contributed by atoms with Crippen LogP contribution in [-0.4, -0.2) is 61.5 Å². The minimum Gasteiger partial charge on any atom is -0.340 e. The van der Waals surface area contributed by atoms with E-state index in [0.29, 0.717) is 12.8 Å². The van der Waals surface area contributed by atoms with Crippen molar-refractivity contribution in [1.29, 1.82) is 0 Å². The third-order valence-corrected chi connectivity index (χ3v) is 6.49. The normalized spacial score (nSPS) is 15.0. The average Bonchev–Trinajstić information content (AvgIpc) is 3.19. The molecule has 0 bridgehead atoms. The number of benzene rings is 1. The first-order valence-electron chi connectivity index (χ1n) is 11.2. The summed E-state index contributed by atoms with van der Waals surface area (Å²) in [6.07, 6.45) is 4.85. The molecule has 7 heteroatoms. The Morgan fingerprint density at radius 1 is 1.00 bits per heavy atom. The molecule has 0 saturated carbocycles. The summed E-state index contributed by atoms with van der Waals surface area (Å²) in [5.41, 5.74) is 6.26. The Bertz CT molecular complexity index is 1260. The molecule has 164 valence electrons. The molecule has 1 fully saturated rings. The van der Waals surface area contributed by atoms with Crippen LogP contribution in [0, 0.1) is 13.8 Å². The summed E-state index contributed by atoms with van der Waals surface area (Å²) in [6, 6.07) is 12.2. The zero-order chi connectivity index (χ0) is 22.1. The minimum absolute atomic E-state index is 0.220. The van der Waals surface area contributed by atoms with Crippen LogP contribution in [-0.2, 0) is 17.8 Å². The summed E-state index contributed by atoms with van der Waals surface area (Å²) in [7, 11) is 0. The number of aryl methyl sites for hydroxylation is 2. The fraction of sp³-hybridized carbons (Fsp3) is 0.360. The molecular formula is C25H28N6O. The number of amides is 1. The van der Waals surface area contributed by atoms with Gasteiger partial charge in [-0.15, -0.1) is 0 Å². The fourth-order valence-corrected chi connectivity index (χ4v) is 4.63. The van der Waals surface area contributed by atoms with Crippen molar-refractivity contribution in [1.82, 2.24) is 29.4 Å². The highest BCUT2D eigenvalue weighted by Crippen LogP contribution is 2.23. The minimum atomic E-state index is 0.220. The number of pyridine rings is 1. The molecule has 0 spiro atoms. The van der Waals surface area contributed by atoms with E-state index in [4.69, 9.17) is 10.1 Å². The summed E-state index contributed by atoms with van der Waals surface area (Å²) >= 11 is 0. The van der Waals surface area contributed by atoms with Crippen LogP contribution in [0.3, 0.4) is 0 Å². The van der Waals surface area contributed by atoms with E-state index >= 15 is 0 Å². The van der Waals surface area contributed by atoms with Crippen molar-refractivity contribution in [3.63, 3.8) is 0 Å². The van der Waals surface area contributed by atoms with E-state index in [1.807, 2.05) is 46.9 Å². The quantitative estimate of drug-likeness (QED) is 0.489. The number of fused-ring (bicyclic) bond motifs is 3. The van der Waals surface area contributed by atoms with E-state index in [0.717, 1.165) is 66.2 Å². The first-order valence-corrected chi connectivity index (χ1v) is 11.2. The molecular weight excluding hydrogens is 400 g/mol. The van der Waals surface area contributed by atoms with Crippen molar-refractivity contribution in [2.24, 2.45) is 0 Å². The lowest BCUT2D eigenvalue weighted by atomic mass is 10.1. The molecule has 0 aliphatic carbocycles. The lowest BCUT2D eigenvalue weighted by molar-refractivity contribution is -0.133. The number of carbonyl (C=O) groups excluding carboxylic acids is 1. The molecule has 0 unspecified atom stereocenters. The Morgan fingerprint density at radius 2 is 1.75 bits per heavy atom. The summed E-state index contributed by atoms with van der Waals surface area (Å²) in [5.74, 6) is 0.220. The number of carbonyl (C=O) groups is 1. The van der Waals surface area contributed by atoms with Gasteiger partial charge in [-0.1, -0.05) is 12.1 Å². The molecule has 1 saturated heterocycles. The molecule has 3 aromatic heterocycles. The van der Waals surface area contributed by atoms with Crippen LogP contribution in [0.2, 0.25) is 0 Å². The summed E-state index contributed by atoms with van der Waals surface area (Å²) in [6.45, 7) is 8.39. The van der Waals surface area contributed by atoms with Crippen LogP contribution < -0.4 is 0 Å². The number of piperazine rings is 1. The van der Waals surface area contributed by atoms with Crippen LogP contribution in [0.25, 0.3) is 16.6 Å². The summed E-state index contributed by atoms with van der Waals surface area (Å²) in [4.78, 5) is 26.2. The predicted octanol–water partition coefficient (Wildman–Crippen LogP) is 3.17. The Hall–Kier alpha value is -3.32. The van der Waals surface area contributed by atoms with Crippen molar-refractivity contribution in [3.05, 3.63) is 71.3 Å². The van der Waals surface area contributed by atoms with Crippen LogP contribution in [0.5, 0.6) is 0 Å². The molecule has 5 rings (SSSR count). The maximum atomic E-state index is 12.9. The Labute approximate surface area is 187 Å². The fourth-order valence-electron chi connectivity index (χ4n) is 4.63. The molecule has 1 aliphatic heterocycles. The lowest BCUT2D eigenvalue weighted by Crippen LogP contribution is -2.48. The first kappa shape index (κ1) is 20.6. The largest absolute Gasteiger partial charge is 0.340 e. The van der Waals surface area contributed by atoms with Gasteiger partial charge in [-0.25, -0.2) is 9.50 Å². The SMILES string of the molecule is Cc1nc2c3ccccc3nn2c(C)c1CCC(=O)N1CCN(Cc2ccncc2)CC1. The molecule has 0 atom stereocenters. The van der Waals surface area contributed by atoms with Gasteiger partial charge in [0.25, 0.3) is 0 Å². The smallest absolute Gasteiger partial charge is 0.222 e. The second-order valence-electron chi connectivity index (χ2n) is 8.53. The Morgan fingerprint density at radius 3 is 2.53 bits per heavy atom. The van der Waals surface area contributed by atoms with Crippen molar-refractivity contribution < 1.29 is 4.79 Å². The van der Waals surface area contributed by atoms with Gasteiger partial charge in [0.05, 0.1) is 5.52 Å². The topological polar surface area (TPSA) is 66.6 Å². The van der Waals surface area contributed by atoms with Gasteiger partial charge in [-0.2, -0.15) is 5.10 Å². The second-order valence-corrected chi connectivity index (χ2v) is 8.53. The van der Waals surface area contributed by atoms with Gasteiger partial charge in [0.1, 0.15) is 0 Å². The van der Waals surface area contributed by atoms with Crippen LogP contribution >= 0.6 is 0 Å². The zero-order valence-electron chi connectivity index (χ0n) is 18.7. The highest BCUT2D eigenvalue weighted by molar-refractivity contribution is 5.92. The summed E-state index contributed by atoms with van der Waals surface area (Å²) < 4.78 is 1.93. The first-order chi connectivity index (χ1) is 15.6. The Balaban J connectivity index is 1.23. The molecule has 7 nitrogen and oxygen atoms in total. The number of rotatable bonds is 5. The molecule has 0 N–H and O–H groups in total. The van der Waals surface area contributed by atoms with Crippen molar-refractivity contribution in [2.45, 2.75) is 33.2 Å². The van der Waals surface area contributed by atoms with Crippen LogP contribution in [0.4, 0.5) is 0 Å². The average molecular weight is 429 g/mol. The van der Waals surface area contributed by atoms with E-state index in [2.05, 4.69) is 35.0 Å². The monoisotopic (exact) mass is 428 g/mol. The third-order valence-electron chi connectivity index (χ3n) is 6.49. The van der Waals surface area contributed by atoms with Gasteiger partial charge in [-0.3, -0.25) is 14.7 Å². The van der Waals surface area contributed by atoms with Gasteiger partial charge in [-0.05, 0) is 55.7 Å². The molecule has 0 radical (unpaired) electrons. The number of nitrogens with zero attached hydrogens (tertiary/aromatic N) is 6. The molecule has 4 heterocycles. The van der Waals surface area contributed by atoms with E-state index in [-0.39, 0.29) is 5.91 Å². The van der Waals surface area contributed by atoms with E-state index in [9.17, 15) is 4.79 Å². The number of aromatic nitrogens is 4. The third kappa shape index (κ3) is 3.96. The van der Waals surface area contributed by atoms with Gasteiger partial charge in [0.15, 0.2) is 5.65 Å². The van der Waals surface area contributed by atoms with Crippen molar-refractivity contribution >= 4 is 22.5 Å². The van der Waals surface area contributed by atoms with E-state index in [1.165, 1.54) is 5.56 Å². The highest BCUT2D eigenvalue weighted by Gasteiger charge is 2.22. The summed E-state index contributed by atoms with van der Waals surface area (Å²) in [5, 5.41) is 5.79. The van der Waals surface area contributed by atoms with Gasteiger partial charge in [0.2, 0.25) is 5.91 Å². The van der Waals surface area contributed by atoms with Crippen molar-refractivity contribution in [2.75, 3.05) is 26.2 Å². The van der Waals surface area contributed by atoms with E-state index < -0.39 is 0 Å². The van der Waals surface area contributed by atoms with Gasteiger partial charge < -0.3 is 4.90 Å². The zero-order valence-corrected chi connectivity index (χ0v) is 18.7. The van der Waals surface area contributed by atoms with Crippen LogP contribution in [0.1, 0.15) is 28.9 Å². The molecule has 1 aliphatic rings. The Kier molecular flexibility index (Phi) is 5.57. The molecule has 4 aromatic rings.